The van der Waals surface area contributed by atoms with E-state index < -0.39 is 6.10 Å². The fourth-order valence-electron chi connectivity index (χ4n) is 3.81. The lowest BCUT2D eigenvalue weighted by Gasteiger charge is -2.28. The standard InChI is InChI=1S/C25H28N2O3/c1-25(2,14-17-10-12-18(28)13-11-17)26-15-19(29)16-30-23-9-5-8-22-24(23)20-6-3-4-7-21(20)27-22/h3-13,19,26-29H,14-16H2,1-2H3/t19-/m0/s1. The summed E-state index contributed by atoms with van der Waals surface area (Å²) in [4.78, 5) is 3.41. The molecule has 0 saturated carbocycles. The first-order valence-electron chi connectivity index (χ1n) is 10.2. The molecule has 5 nitrogen and oxygen atoms in total. The number of aliphatic hydroxyl groups excluding tert-OH is 1. The maximum Gasteiger partial charge on any atom is 0.129 e. The number of rotatable bonds is 8. The van der Waals surface area contributed by atoms with E-state index in [9.17, 15) is 10.2 Å². The van der Waals surface area contributed by atoms with E-state index in [-0.39, 0.29) is 17.9 Å². The summed E-state index contributed by atoms with van der Waals surface area (Å²) in [5.74, 6) is 1.04. The fraction of sp³-hybridized carbons (Fsp3) is 0.280. The average molecular weight is 405 g/mol. The molecular formula is C25H28N2O3. The van der Waals surface area contributed by atoms with E-state index >= 15 is 0 Å². The second-order valence-electron chi connectivity index (χ2n) is 8.42. The van der Waals surface area contributed by atoms with Crippen LogP contribution in [0.2, 0.25) is 0 Å². The van der Waals surface area contributed by atoms with E-state index in [0.717, 1.165) is 39.5 Å². The number of para-hydroxylation sites is 1. The third-order valence-electron chi connectivity index (χ3n) is 5.32. The van der Waals surface area contributed by atoms with Crippen molar-refractivity contribution < 1.29 is 14.9 Å². The highest BCUT2D eigenvalue weighted by atomic mass is 16.5. The summed E-state index contributed by atoms with van der Waals surface area (Å²) in [5, 5.41) is 25.5. The predicted molar refractivity (Wildman–Crippen MR) is 121 cm³/mol. The van der Waals surface area contributed by atoms with Gasteiger partial charge in [0.15, 0.2) is 0 Å². The number of H-pyrrole nitrogens is 1. The van der Waals surface area contributed by atoms with Crippen LogP contribution in [0.25, 0.3) is 21.8 Å². The lowest BCUT2D eigenvalue weighted by atomic mass is 9.94. The van der Waals surface area contributed by atoms with Gasteiger partial charge in [0.05, 0.1) is 5.52 Å². The molecule has 0 amide bonds. The van der Waals surface area contributed by atoms with Crippen molar-refractivity contribution in [2.45, 2.75) is 31.9 Å². The third kappa shape index (κ3) is 4.58. The normalized spacial score (nSPS) is 13.0. The Hall–Kier alpha value is -3.02. The number of hydrogen-bond donors (Lipinski definition) is 4. The van der Waals surface area contributed by atoms with E-state index in [2.05, 4.69) is 30.2 Å². The lowest BCUT2D eigenvalue weighted by Crippen LogP contribution is -2.46. The quantitative estimate of drug-likeness (QED) is 0.352. The summed E-state index contributed by atoms with van der Waals surface area (Å²) >= 11 is 0. The van der Waals surface area contributed by atoms with Gasteiger partial charge < -0.3 is 25.3 Å². The van der Waals surface area contributed by atoms with Crippen LogP contribution >= 0.6 is 0 Å². The molecule has 0 radical (unpaired) electrons. The molecule has 0 aliphatic rings. The van der Waals surface area contributed by atoms with Crippen LogP contribution in [-0.4, -0.2) is 40.0 Å². The van der Waals surface area contributed by atoms with E-state index in [4.69, 9.17) is 4.74 Å². The molecule has 5 heteroatoms. The summed E-state index contributed by atoms with van der Waals surface area (Å²) < 4.78 is 6.01. The van der Waals surface area contributed by atoms with Crippen LogP contribution in [0.3, 0.4) is 0 Å². The monoisotopic (exact) mass is 404 g/mol. The molecule has 0 spiro atoms. The smallest absolute Gasteiger partial charge is 0.129 e. The second kappa shape index (κ2) is 8.38. The molecule has 4 N–H and O–H groups in total. The van der Waals surface area contributed by atoms with Crippen molar-refractivity contribution in [3.63, 3.8) is 0 Å². The number of nitrogens with one attached hydrogen (secondary N) is 2. The second-order valence-corrected chi connectivity index (χ2v) is 8.42. The predicted octanol–water partition coefficient (Wildman–Crippen LogP) is 4.38. The molecule has 0 fully saturated rings. The van der Waals surface area contributed by atoms with Crippen LogP contribution in [0.1, 0.15) is 19.4 Å². The number of aromatic hydroxyl groups is 1. The molecule has 0 aliphatic carbocycles. The molecule has 1 aromatic heterocycles. The van der Waals surface area contributed by atoms with E-state index in [1.54, 1.807) is 12.1 Å². The summed E-state index contributed by atoms with van der Waals surface area (Å²) in [7, 11) is 0. The summed E-state index contributed by atoms with van der Waals surface area (Å²) in [6, 6.07) is 21.3. The number of benzene rings is 3. The minimum atomic E-state index is -0.635. The number of β-amino-alcohol motifs (C(OH)–C–C–N with tert-alkyl or cyclic N) is 1. The molecule has 4 rings (SSSR count). The van der Waals surface area contributed by atoms with Gasteiger partial charge >= 0.3 is 0 Å². The van der Waals surface area contributed by atoms with Crippen LogP contribution in [0, 0.1) is 0 Å². The molecule has 0 aliphatic heterocycles. The van der Waals surface area contributed by atoms with Gasteiger partial charge in [-0.2, -0.15) is 0 Å². The van der Waals surface area contributed by atoms with Gasteiger partial charge in [0, 0.05) is 28.4 Å². The molecule has 0 bridgehead atoms. The molecular weight excluding hydrogens is 376 g/mol. The first-order valence-corrected chi connectivity index (χ1v) is 10.2. The van der Waals surface area contributed by atoms with E-state index in [0.29, 0.717) is 6.54 Å². The van der Waals surface area contributed by atoms with E-state index in [1.807, 2.05) is 48.5 Å². The Kier molecular flexibility index (Phi) is 5.66. The van der Waals surface area contributed by atoms with Gasteiger partial charge in [-0.05, 0) is 56.2 Å². The maximum absolute atomic E-state index is 10.5. The number of fused-ring (bicyclic) bond motifs is 3. The fourth-order valence-corrected chi connectivity index (χ4v) is 3.81. The van der Waals surface area contributed by atoms with Crippen LogP contribution in [0.15, 0.2) is 66.7 Å². The zero-order chi connectivity index (χ0) is 21.1. The number of aromatic amines is 1. The first kappa shape index (κ1) is 20.3. The maximum atomic E-state index is 10.5. The number of hydrogen-bond acceptors (Lipinski definition) is 4. The summed E-state index contributed by atoms with van der Waals surface area (Å²) in [5.41, 5.74) is 3.02. The number of phenolic OH excluding ortho intramolecular Hbond substituents is 1. The van der Waals surface area contributed by atoms with Gasteiger partial charge in [0.2, 0.25) is 0 Å². The molecule has 1 atom stereocenters. The van der Waals surface area contributed by atoms with Gasteiger partial charge in [0.1, 0.15) is 24.2 Å². The molecule has 156 valence electrons. The van der Waals surface area contributed by atoms with Crippen molar-refractivity contribution in [3.05, 3.63) is 72.3 Å². The van der Waals surface area contributed by atoms with Crippen molar-refractivity contribution in [3.8, 4) is 11.5 Å². The molecule has 3 aromatic carbocycles. The zero-order valence-electron chi connectivity index (χ0n) is 17.4. The van der Waals surface area contributed by atoms with Gasteiger partial charge in [-0.1, -0.05) is 36.4 Å². The summed E-state index contributed by atoms with van der Waals surface area (Å²) in [6.45, 7) is 4.83. The van der Waals surface area contributed by atoms with E-state index in [1.165, 1.54) is 0 Å². The molecule has 4 aromatic rings. The highest BCUT2D eigenvalue weighted by Crippen LogP contribution is 2.33. The van der Waals surface area contributed by atoms with Gasteiger partial charge in [-0.15, -0.1) is 0 Å². The Labute approximate surface area is 176 Å². The Morgan fingerprint density at radius 2 is 1.70 bits per heavy atom. The topological polar surface area (TPSA) is 77.5 Å². The third-order valence-corrected chi connectivity index (χ3v) is 5.32. The minimum Gasteiger partial charge on any atom is -0.508 e. The van der Waals surface area contributed by atoms with Crippen LogP contribution in [-0.2, 0) is 6.42 Å². The first-order chi connectivity index (χ1) is 14.4. The molecule has 30 heavy (non-hydrogen) atoms. The number of phenols is 1. The van der Waals surface area contributed by atoms with Crippen LogP contribution in [0.4, 0.5) is 0 Å². The highest BCUT2D eigenvalue weighted by Gasteiger charge is 2.20. The molecule has 0 saturated heterocycles. The van der Waals surface area contributed by atoms with Crippen molar-refractivity contribution in [2.24, 2.45) is 0 Å². The Morgan fingerprint density at radius 1 is 0.967 bits per heavy atom. The van der Waals surface area contributed by atoms with Crippen LogP contribution in [0.5, 0.6) is 11.5 Å². The van der Waals surface area contributed by atoms with Gasteiger partial charge in [-0.25, -0.2) is 0 Å². The number of aliphatic hydroxyl groups is 1. The molecule has 0 unspecified atom stereocenters. The highest BCUT2D eigenvalue weighted by molar-refractivity contribution is 6.10. The lowest BCUT2D eigenvalue weighted by molar-refractivity contribution is 0.0996. The zero-order valence-corrected chi connectivity index (χ0v) is 17.4. The summed E-state index contributed by atoms with van der Waals surface area (Å²) in [6.07, 6.45) is 0.153. The SMILES string of the molecule is CC(C)(Cc1ccc(O)cc1)NC[C@H](O)COc1cccc2[nH]c3ccccc3c12. The van der Waals surface area contributed by atoms with Crippen molar-refractivity contribution >= 4 is 21.8 Å². The van der Waals surface area contributed by atoms with Gasteiger partial charge in [-0.3, -0.25) is 0 Å². The average Bonchev–Trinajstić information content (AvgIpc) is 3.11. The van der Waals surface area contributed by atoms with Crippen LogP contribution < -0.4 is 10.1 Å². The van der Waals surface area contributed by atoms with Crippen molar-refractivity contribution in [1.82, 2.24) is 10.3 Å². The Morgan fingerprint density at radius 3 is 2.50 bits per heavy atom. The molecule has 1 heterocycles. The van der Waals surface area contributed by atoms with Gasteiger partial charge in [0.25, 0.3) is 0 Å². The van der Waals surface area contributed by atoms with Crippen molar-refractivity contribution in [1.29, 1.82) is 0 Å². The largest absolute Gasteiger partial charge is 0.508 e. The number of aromatic nitrogens is 1. The minimum absolute atomic E-state index is 0.200. The van der Waals surface area contributed by atoms with Crippen molar-refractivity contribution in [2.75, 3.05) is 13.2 Å². The number of ether oxygens (including phenoxy) is 1. The Balaban J connectivity index is 1.37. The Bertz CT molecular complexity index is 1130.